The molecule has 0 aromatic heterocycles. The number of fused-ring (bicyclic) bond motifs is 1. The number of sulfone groups is 1. The number of hydrogen-bond acceptors (Lipinski definition) is 7. The second-order valence-corrected chi connectivity index (χ2v) is 10.0. The maximum atomic E-state index is 13.0. The lowest BCUT2D eigenvalue weighted by Gasteiger charge is -2.14. The molecule has 1 aliphatic heterocycles. The molecule has 9 nitrogen and oxygen atoms in total. The Morgan fingerprint density at radius 3 is 2.52 bits per heavy atom. The van der Waals surface area contributed by atoms with E-state index in [1.807, 2.05) is 0 Å². The van der Waals surface area contributed by atoms with Gasteiger partial charge in [-0.1, -0.05) is 0 Å². The van der Waals surface area contributed by atoms with Gasteiger partial charge in [0.1, 0.15) is 17.3 Å². The Morgan fingerprint density at radius 2 is 1.91 bits per heavy atom. The molecule has 0 radical (unpaired) electrons. The first-order valence-corrected chi connectivity index (χ1v) is 12.3. The third kappa shape index (κ3) is 4.90. The lowest BCUT2D eigenvalue weighted by Crippen LogP contribution is -2.29. The zero-order valence-electron chi connectivity index (χ0n) is 18.2. The van der Waals surface area contributed by atoms with Gasteiger partial charge in [-0.3, -0.25) is 15.0 Å². The van der Waals surface area contributed by atoms with Gasteiger partial charge in [-0.2, -0.15) is 0 Å². The lowest BCUT2D eigenvalue weighted by molar-refractivity contribution is 0.0766. The smallest absolute Gasteiger partial charge is 0.256 e. The summed E-state index contributed by atoms with van der Waals surface area (Å²) in [6.45, 7) is 0.387. The molecule has 33 heavy (non-hydrogen) atoms. The number of ether oxygens (including phenoxy) is 1. The maximum absolute atomic E-state index is 13.0. The van der Waals surface area contributed by atoms with Crippen molar-refractivity contribution in [3.63, 3.8) is 0 Å². The normalized spacial score (nSPS) is 15.5. The molecule has 2 aromatic carbocycles. The highest BCUT2D eigenvalue weighted by Crippen LogP contribution is 2.40. The van der Waals surface area contributed by atoms with Crippen LogP contribution in [0.15, 0.2) is 53.6 Å². The summed E-state index contributed by atoms with van der Waals surface area (Å²) in [5, 5.41) is 13.1. The van der Waals surface area contributed by atoms with Crippen molar-refractivity contribution in [3.8, 4) is 11.5 Å². The Bertz CT molecular complexity index is 1260. The van der Waals surface area contributed by atoms with E-state index in [-0.39, 0.29) is 28.2 Å². The van der Waals surface area contributed by atoms with Gasteiger partial charge in [0, 0.05) is 36.0 Å². The number of nitrogens with one attached hydrogen (secondary N) is 3. The minimum absolute atomic E-state index is 0.111. The Balaban J connectivity index is 1.67. The molecule has 2 aliphatic rings. The Morgan fingerprint density at radius 1 is 1.21 bits per heavy atom. The number of nitrogens with zero attached hydrogens (tertiary/aromatic N) is 1. The number of amides is 2. The number of benzene rings is 2. The van der Waals surface area contributed by atoms with Gasteiger partial charge in [0.2, 0.25) is 0 Å². The van der Waals surface area contributed by atoms with E-state index in [4.69, 9.17) is 10.1 Å². The first-order valence-electron chi connectivity index (χ1n) is 10.4. The van der Waals surface area contributed by atoms with E-state index in [2.05, 4.69) is 10.6 Å². The summed E-state index contributed by atoms with van der Waals surface area (Å²) in [6.07, 6.45) is 5.93. The third-order valence-electron chi connectivity index (χ3n) is 5.42. The molecule has 1 fully saturated rings. The van der Waals surface area contributed by atoms with Gasteiger partial charge in [-0.25, -0.2) is 8.42 Å². The van der Waals surface area contributed by atoms with E-state index in [1.165, 1.54) is 48.7 Å². The van der Waals surface area contributed by atoms with Gasteiger partial charge < -0.3 is 20.3 Å². The van der Waals surface area contributed by atoms with E-state index in [0.29, 0.717) is 29.2 Å². The highest BCUT2D eigenvalue weighted by Gasteiger charge is 2.40. The van der Waals surface area contributed by atoms with Crippen molar-refractivity contribution >= 4 is 27.5 Å². The minimum Gasteiger partial charge on any atom is -0.457 e. The van der Waals surface area contributed by atoms with Gasteiger partial charge in [0.25, 0.3) is 11.8 Å². The molecule has 0 atom stereocenters. The monoisotopic (exact) mass is 468 g/mol. The molecule has 0 spiro atoms. The molecule has 1 saturated carbocycles. The zero-order chi connectivity index (χ0) is 23.8. The number of hydrogen-bond donors (Lipinski definition) is 3. The number of rotatable bonds is 7. The van der Waals surface area contributed by atoms with Crippen LogP contribution < -0.4 is 15.4 Å². The molecule has 1 aliphatic carbocycles. The van der Waals surface area contributed by atoms with Crippen LogP contribution in [0.1, 0.15) is 39.1 Å². The van der Waals surface area contributed by atoms with E-state index < -0.39 is 15.7 Å². The molecule has 172 valence electrons. The fourth-order valence-corrected chi connectivity index (χ4v) is 4.21. The van der Waals surface area contributed by atoms with E-state index in [9.17, 15) is 18.0 Å². The summed E-state index contributed by atoms with van der Waals surface area (Å²) in [6, 6.07) is 9.22. The molecule has 10 heteroatoms. The largest absolute Gasteiger partial charge is 0.457 e. The molecule has 0 unspecified atom stereocenters. The fourth-order valence-electron chi connectivity index (χ4n) is 3.58. The standard InChI is InChI=1S/C23H24N4O5S/c1-25-10-9-21(24)26-22(28)14-11-18-19(13-27(23(18)29)15-3-4-15)20(12-14)32-16-5-7-17(8-6-16)33(2,30)31/h5-12,15,25H,3-4,13H2,1-2H3,(H2,24,26,28)/b10-9-. The predicted molar refractivity (Wildman–Crippen MR) is 122 cm³/mol. The fraction of sp³-hybridized carbons (Fsp3) is 0.261. The van der Waals surface area contributed by atoms with Gasteiger partial charge in [-0.15, -0.1) is 0 Å². The van der Waals surface area contributed by atoms with Crippen LogP contribution in [0, 0.1) is 5.41 Å². The molecular formula is C23H24N4O5S. The third-order valence-corrected chi connectivity index (χ3v) is 6.55. The molecule has 3 N–H and O–H groups in total. The highest BCUT2D eigenvalue weighted by molar-refractivity contribution is 7.90. The van der Waals surface area contributed by atoms with Crippen LogP contribution >= 0.6 is 0 Å². The van der Waals surface area contributed by atoms with E-state index in [0.717, 1.165) is 19.1 Å². The number of amidine groups is 1. The molecule has 1 heterocycles. The molecule has 0 saturated heterocycles. The first kappa shape index (κ1) is 22.5. The Kier molecular flexibility index (Phi) is 5.94. The quantitative estimate of drug-likeness (QED) is 0.423. The van der Waals surface area contributed by atoms with Crippen LogP contribution in [-0.2, 0) is 16.4 Å². The summed E-state index contributed by atoms with van der Waals surface area (Å²) in [7, 11) is -1.67. The van der Waals surface area contributed by atoms with Gasteiger partial charge in [-0.05, 0) is 61.5 Å². The van der Waals surface area contributed by atoms with Crippen molar-refractivity contribution in [3.05, 3.63) is 65.4 Å². The summed E-state index contributed by atoms with van der Waals surface area (Å²) < 4.78 is 29.4. The summed E-state index contributed by atoms with van der Waals surface area (Å²) in [4.78, 5) is 27.7. The zero-order valence-corrected chi connectivity index (χ0v) is 19.0. The van der Waals surface area contributed by atoms with Crippen molar-refractivity contribution in [1.82, 2.24) is 15.5 Å². The lowest BCUT2D eigenvalue weighted by atomic mass is 10.0. The summed E-state index contributed by atoms with van der Waals surface area (Å²) in [5.41, 5.74) is 1.26. The SMILES string of the molecule is CN/C=C\C(=N)NC(=O)c1cc(Oc2ccc(S(C)(=O)=O)cc2)c2c(c1)C(=O)N(C1CC1)C2. The van der Waals surface area contributed by atoms with E-state index in [1.54, 1.807) is 11.9 Å². The van der Waals surface area contributed by atoms with Crippen molar-refractivity contribution in [2.24, 2.45) is 0 Å². The molecule has 2 aromatic rings. The van der Waals surface area contributed by atoms with Gasteiger partial charge in [0.05, 0.1) is 11.4 Å². The maximum Gasteiger partial charge on any atom is 0.256 e. The minimum atomic E-state index is -3.35. The second-order valence-electron chi connectivity index (χ2n) is 8.00. The van der Waals surface area contributed by atoms with Crippen molar-refractivity contribution in [2.45, 2.75) is 30.3 Å². The first-order chi connectivity index (χ1) is 15.7. The van der Waals surface area contributed by atoms with Crippen molar-refractivity contribution < 1.29 is 22.7 Å². The predicted octanol–water partition coefficient (Wildman–Crippen LogP) is 2.44. The Hall–Kier alpha value is -3.66. The second kappa shape index (κ2) is 8.70. The average Bonchev–Trinajstić information content (AvgIpc) is 3.55. The average molecular weight is 469 g/mol. The molecule has 2 amide bonds. The highest BCUT2D eigenvalue weighted by atomic mass is 32.2. The summed E-state index contributed by atoms with van der Waals surface area (Å²) >= 11 is 0. The number of carbonyl (C=O) groups excluding carboxylic acids is 2. The van der Waals surface area contributed by atoms with Crippen LogP contribution in [0.3, 0.4) is 0 Å². The topological polar surface area (TPSA) is 129 Å². The van der Waals surface area contributed by atoms with Gasteiger partial charge in [0.15, 0.2) is 9.84 Å². The van der Waals surface area contributed by atoms with Crippen molar-refractivity contribution in [2.75, 3.05) is 13.3 Å². The van der Waals surface area contributed by atoms with Crippen molar-refractivity contribution in [1.29, 1.82) is 5.41 Å². The van der Waals surface area contributed by atoms with Crippen LogP contribution in [0.5, 0.6) is 11.5 Å². The van der Waals surface area contributed by atoms with E-state index >= 15 is 0 Å². The van der Waals surface area contributed by atoms with Crippen LogP contribution in [0.25, 0.3) is 0 Å². The molecule has 4 rings (SSSR count). The number of carbonyl (C=O) groups is 2. The molecule has 0 bridgehead atoms. The van der Waals surface area contributed by atoms with Gasteiger partial charge >= 0.3 is 0 Å². The Labute approximate surface area is 191 Å². The summed E-state index contributed by atoms with van der Waals surface area (Å²) in [5.74, 6) is -0.0783. The van der Waals surface area contributed by atoms with Crippen LogP contribution in [0.2, 0.25) is 0 Å². The molecular weight excluding hydrogens is 444 g/mol. The van der Waals surface area contributed by atoms with Crippen LogP contribution in [0.4, 0.5) is 0 Å². The van der Waals surface area contributed by atoms with Crippen LogP contribution in [-0.4, -0.2) is 50.3 Å².